The van der Waals surface area contributed by atoms with E-state index in [0.29, 0.717) is 12.1 Å². The summed E-state index contributed by atoms with van der Waals surface area (Å²) < 4.78 is 81.8. The standard InChI is InChI=1S/C7H7F3N2O4S2/c8-5-3-4(17(11,13)14)1-2-6(5)12-18(15,16)7(9)10/h1-3,7,12H,(H2,11,13,14). The maximum Gasteiger partial charge on any atom is 0.355 e. The van der Waals surface area contributed by atoms with E-state index in [0.717, 1.165) is 6.07 Å². The first-order valence-electron chi connectivity index (χ1n) is 4.16. The number of hydrogen-bond acceptors (Lipinski definition) is 4. The number of rotatable bonds is 4. The molecule has 18 heavy (non-hydrogen) atoms. The van der Waals surface area contributed by atoms with Crippen molar-refractivity contribution in [3.63, 3.8) is 0 Å². The predicted molar refractivity (Wildman–Crippen MR) is 56.3 cm³/mol. The lowest BCUT2D eigenvalue weighted by atomic mass is 10.3. The highest BCUT2D eigenvalue weighted by Gasteiger charge is 2.25. The van der Waals surface area contributed by atoms with Crippen molar-refractivity contribution in [3.05, 3.63) is 24.0 Å². The second-order valence-corrected chi connectivity index (χ2v) is 6.31. The second kappa shape index (κ2) is 4.74. The van der Waals surface area contributed by atoms with E-state index in [4.69, 9.17) is 5.14 Å². The molecule has 1 aromatic carbocycles. The normalized spacial score (nSPS) is 12.7. The molecule has 1 aromatic rings. The van der Waals surface area contributed by atoms with Crippen LogP contribution in [0.4, 0.5) is 18.9 Å². The van der Waals surface area contributed by atoms with Crippen molar-refractivity contribution in [2.45, 2.75) is 10.7 Å². The Morgan fingerprint density at radius 3 is 2.11 bits per heavy atom. The molecule has 6 nitrogen and oxygen atoms in total. The Morgan fingerprint density at radius 2 is 1.72 bits per heavy atom. The molecule has 0 fully saturated rings. The fourth-order valence-corrected chi connectivity index (χ4v) is 2.04. The van der Waals surface area contributed by atoms with Crippen LogP contribution < -0.4 is 9.86 Å². The first-order valence-corrected chi connectivity index (χ1v) is 7.25. The van der Waals surface area contributed by atoms with Crippen molar-refractivity contribution in [2.75, 3.05) is 4.72 Å². The van der Waals surface area contributed by atoms with Crippen LogP contribution in [0.5, 0.6) is 0 Å². The fourth-order valence-electron chi connectivity index (χ4n) is 0.953. The Kier molecular flexibility index (Phi) is 3.88. The van der Waals surface area contributed by atoms with Crippen molar-refractivity contribution in [3.8, 4) is 0 Å². The molecule has 0 unspecified atom stereocenters. The molecule has 102 valence electrons. The van der Waals surface area contributed by atoms with E-state index in [2.05, 4.69) is 0 Å². The summed E-state index contributed by atoms with van der Waals surface area (Å²) in [6.45, 7) is 0. The van der Waals surface area contributed by atoms with E-state index in [1.807, 2.05) is 0 Å². The molecule has 11 heteroatoms. The summed E-state index contributed by atoms with van der Waals surface area (Å²) in [6.07, 6.45) is 0. The summed E-state index contributed by atoms with van der Waals surface area (Å²) in [5.41, 5.74) is -0.803. The van der Waals surface area contributed by atoms with Gasteiger partial charge in [-0.2, -0.15) is 8.78 Å². The Hall–Kier alpha value is -1.33. The molecule has 0 aromatic heterocycles. The third-order valence-electron chi connectivity index (χ3n) is 1.76. The quantitative estimate of drug-likeness (QED) is 0.841. The number of anilines is 1. The third-order valence-corrected chi connectivity index (χ3v) is 3.64. The van der Waals surface area contributed by atoms with Gasteiger partial charge < -0.3 is 0 Å². The van der Waals surface area contributed by atoms with E-state index in [-0.39, 0.29) is 0 Å². The van der Waals surface area contributed by atoms with E-state index in [1.54, 1.807) is 0 Å². The topological polar surface area (TPSA) is 106 Å². The maximum absolute atomic E-state index is 13.3. The van der Waals surface area contributed by atoms with E-state index in [1.165, 1.54) is 4.72 Å². The summed E-state index contributed by atoms with van der Waals surface area (Å²) in [6, 6.07) is 1.87. The molecule has 0 aliphatic carbocycles. The molecule has 0 saturated carbocycles. The molecule has 0 heterocycles. The van der Waals surface area contributed by atoms with Crippen LogP contribution in [0.3, 0.4) is 0 Å². The molecule has 0 bridgehead atoms. The largest absolute Gasteiger partial charge is 0.355 e. The van der Waals surface area contributed by atoms with E-state index in [9.17, 15) is 30.0 Å². The highest BCUT2D eigenvalue weighted by atomic mass is 32.2. The molecule has 0 aliphatic rings. The minimum atomic E-state index is -5.03. The first-order chi connectivity index (χ1) is 8.04. The summed E-state index contributed by atoms with van der Waals surface area (Å²) in [4.78, 5) is -0.611. The number of sulfonamides is 2. The Labute approximate surface area is 101 Å². The number of nitrogens with two attached hydrogens (primary N) is 1. The molecule has 3 N–H and O–H groups in total. The Balaban J connectivity index is 3.16. The molecule has 0 spiro atoms. The fraction of sp³-hybridized carbons (Fsp3) is 0.143. The van der Waals surface area contributed by atoms with Crippen molar-refractivity contribution in [1.82, 2.24) is 0 Å². The smallest absolute Gasteiger partial charge is 0.276 e. The average Bonchev–Trinajstić information content (AvgIpc) is 2.19. The first kappa shape index (κ1) is 14.7. The van der Waals surface area contributed by atoms with Gasteiger partial charge in [-0.1, -0.05) is 0 Å². The lowest BCUT2D eigenvalue weighted by Crippen LogP contribution is -2.21. The number of primary sulfonamides is 1. The van der Waals surface area contributed by atoms with Crippen LogP contribution in [-0.4, -0.2) is 22.6 Å². The van der Waals surface area contributed by atoms with Gasteiger partial charge >= 0.3 is 5.76 Å². The van der Waals surface area contributed by atoms with Gasteiger partial charge in [0.05, 0.1) is 10.6 Å². The summed E-state index contributed by atoms with van der Waals surface area (Å²) >= 11 is 0. The average molecular weight is 304 g/mol. The minimum absolute atomic E-state index is 0.415. The van der Waals surface area contributed by atoms with Crippen LogP contribution in [0.25, 0.3) is 0 Å². The van der Waals surface area contributed by atoms with Crippen LogP contribution in [-0.2, 0) is 20.0 Å². The molecule has 0 radical (unpaired) electrons. The van der Waals surface area contributed by atoms with E-state index >= 15 is 0 Å². The van der Waals surface area contributed by atoms with Gasteiger partial charge in [-0.25, -0.2) is 26.4 Å². The summed E-state index contributed by atoms with van der Waals surface area (Å²) in [5.74, 6) is -5.08. The lowest BCUT2D eigenvalue weighted by molar-refractivity contribution is 0.236. The van der Waals surface area contributed by atoms with Crippen LogP contribution in [0.1, 0.15) is 0 Å². The predicted octanol–water partition coefficient (Wildman–Crippen LogP) is 0.437. The van der Waals surface area contributed by atoms with Crippen LogP contribution in [0.2, 0.25) is 0 Å². The number of nitrogens with one attached hydrogen (secondary N) is 1. The number of benzene rings is 1. The zero-order valence-electron chi connectivity index (χ0n) is 8.47. The van der Waals surface area contributed by atoms with Crippen molar-refractivity contribution < 1.29 is 30.0 Å². The Bertz CT molecular complexity index is 657. The van der Waals surface area contributed by atoms with Crippen LogP contribution >= 0.6 is 0 Å². The highest BCUT2D eigenvalue weighted by molar-refractivity contribution is 7.93. The third kappa shape index (κ3) is 3.34. The minimum Gasteiger partial charge on any atom is -0.276 e. The van der Waals surface area contributed by atoms with Gasteiger partial charge in [-0.3, -0.25) is 4.72 Å². The van der Waals surface area contributed by atoms with Crippen LogP contribution in [0.15, 0.2) is 23.1 Å². The number of halogens is 3. The van der Waals surface area contributed by atoms with Crippen molar-refractivity contribution >= 4 is 25.7 Å². The van der Waals surface area contributed by atoms with Crippen molar-refractivity contribution in [2.24, 2.45) is 5.14 Å². The zero-order valence-corrected chi connectivity index (χ0v) is 10.1. The Morgan fingerprint density at radius 1 is 1.17 bits per heavy atom. The SMILES string of the molecule is NS(=O)(=O)c1ccc(NS(=O)(=O)C(F)F)c(F)c1. The van der Waals surface area contributed by atoms with Gasteiger partial charge in [0.1, 0.15) is 5.82 Å². The van der Waals surface area contributed by atoms with Gasteiger partial charge in [0.2, 0.25) is 10.0 Å². The summed E-state index contributed by atoms with van der Waals surface area (Å²) in [7, 11) is -9.19. The molecule has 0 saturated heterocycles. The maximum atomic E-state index is 13.3. The van der Waals surface area contributed by atoms with Crippen molar-refractivity contribution in [1.29, 1.82) is 0 Å². The number of hydrogen-bond donors (Lipinski definition) is 2. The zero-order chi connectivity index (χ0) is 14.1. The molecule has 0 atom stereocenters. The molecular formula is C7H7F3N2O4S2. The monoisotopic (exact) mass is 304 g/mol. The van der Waals surface area contributed by atoms with Gasteiger partial charge in [-0.15, -0.1) is 0 Å². The van der Waals surface area contributed by atoms with Gasteiger partial charge in [0.25, 0.3) is 10.0 Å². The highest BCUT2D eigenvalue weighted by Crippen LogP contribution is 2.20. The molecule has 0 amide bonds. The van der Waals surface area contributed by atoms with Gasteiger partial charge in [-0.05, 0) is 18.2 Å². The van der Waals surface area contributed by atoms with Gasteiger partial charge in [0.15, 0.2) is 0 Å². The van der Waals surface area contributed by atoms with Gasteiger partial charge in [0, 0.05) is 0 Å². The van der Waals surface area contributed by atoms with E-state index < -0.39 is 42.2 Å². The molecular weight excluding hydrogens is 297 g/mol. The molecule has 1 rings (SSSR count). The van der Waals surface area contributed by atoms with Crippen LogP contribution in [0, 0.1) is 5.82 Å². The molecule has 0 aliphatic heterocycles. The second-order valence-electron chi connectivity index (χ2n) is 3.09. The summed E-state index contributed by atoms with van der Waals surface area (Å²) in [5, 5.41) is 4.70. The number of alkyl halides is 2. The lowest BCUT2D eigenvalue weighted by Gasteiger charge is -2.08.